The summed E-state index contributed by atoms with van der Waals surface area (Å²) in [5.41, 5.74) is 5.24. The first-order valence-corrected chi connectivity index (χ1v) is 11.7. The Bertz CT molecular complexity index is 1510. The highest BCUT2D eigenvalue weighted by atomic mass is 19.1. The molecule has 3 aromatic carbocycles. The van der Waals surface area contributed by atoms with Crippen LogP contribution in [-0.4, -0.2) is 25.9 Å². The number of nitrogens with one attached hydrogen (secondary N) is 1. The van der Waals surface area contributed by atoms with Crippen LogP contribution < -0.4 is 0 Å². The second-order valence-corrected chi connectivity index (χ2v) is 8.97. The Morgan fingerprint density at radius 2 is 1.67 bits per heavy atom. The third kappa shape index (κ3) is 5.20. The molecule has 180 valence electrons. The summed E-state index contributed by atoms with van der Waals surface area (Å²) in [6.45, 7) is 2.00. The average Bonchev–Trinajstić information content (AvgIpc) is 3.26. The molecule has 0 saturated heterocycles. The number of aromatic amines is 1. The molecule has 2 aromatic heterocycles. The fourth-order valence-electron chi connectivity index (χ4n) is 4.55. The van der Waals surface area contributed by atoms with Crippen LogP contribution in [0.15, 0.2) is 79.1 Å². The third-order valence-electron chi connectivity index (χ3n) is 6.23. The number of halogens is 2. The number of ketones is 1. The molecule has 0 aliphatic heterocycles. The van der Waals surface area contributed by atoms with E-state index in [4.69, 9.17) is 0 Å². The zero-order chi connectivity index (χ0) is 25.1. The van der Waals surface area contributed by atoms with Crippen molar-refractivity contribution in [2.24, 2.45) is 0 Å². The second kappa shape index (κ2) is 10.2. The van der Waals surface area contributed by atoms with E-state index < -0.39 is 17.6 Å². The first kappa shape index (κ1) is 23.5. The van der Waals surface area contributed by atoms with E-state index in [1.54, 1.807) is 12.4 Å². The molecule has 0 saturated carbocycles. The van der Waals surface area contributed by atoms with Gasteiger partial charge in [0.05, 0.1) is 22.6 Å². The van der Waals surface area contributed by atoms with Gasteiger partial charge < -0.3 is 0 Å². The number of hydrogen-bond donors (Lipinski definition) is 1. The largest absolute Gasteiger partial charge is 0.299 e. The molecule has 1 atom stereocenters. The molecule has 0 bridgehead atoms. The van der Waals surface area contributed by atoms with Crippen LogP contribution in [0.2, 0.25) is 0 Å². The number of benzene rings is 3. The van der Waals surface area contributed by atoms with E-state index in [2.05, 4.69) is 20.2 Å². The van der Waals surface area contributed by atoms with E-state index in [0.29, 0.717) is 17.0 Å². The second-order valence-electron chi connectivity index (χ2n) is 8.97. The summed E-state index contributed by atoms with van der Waals surface area (Å²) in [4.78, 5) is 22.5. The van der Waals surface area contributed by atoms with E-state index in [0.717, 1.165) is 33.8 Å². The minimum Gasteiger partial charge on any atom is -0.299 e. The van der Waals surface area contributed by atoms with E-state index in [-0.39, 0.29) is 25.0 Å². The third-order valence-corrected chi connectivity index (χ3v) is 6.23. The summed E-state index contributed by atoms with van der Waals surface area (Å²) in [7, 11) is 0. The van der Waals surface area contributed by atoms with E-state index in [1.807, 2.05) is 55.5 Å². The molecule has 1 unspecified atom stereocenters. The van der Waals surface area contributed by atoms with Crippen LogP contribution in [0.5, 0.6) is 0 Å². The van der Waals surface area contributed by atoms with Crippen molar-refractivity contribution >= 4 is 16.7 Å². The molecule has 0 radical (unpaired) electrons. The van der Waals surface area contributed by atoms with Crippen LogP contribution >= 0.6 is 0 Å². The molecule has 5 nitrogen and oxygen atoms in total. The fraction of sp³-hybridized carbons (Fsp3) is 0.172. The Kier molecular flexibility index (Phi) is 6.62. The lowest BCUT2D eigenvalue weighted by molar-refractivity contribution is -0.118. The maximum atomic E-state index is 14.0. The highest BCUT2D eigenvalue weighted by Crippen LogP contribution is 2.32. The first-order chi connectivity index (χ1) is 17.5. The van der Waals surface area contributed by atoms with Crippen LogP contribution in [0.4, 0.5) is 8.78 Å². The quantitative estimate of drug-likeness (QED) is 0.289. The summed E-state index contributed by atoms with van der Waals surface area (Å²) in [6.07, 6.45) is 3.72. The highest BCUT2D eigenvalue weighted by molar-refractivity contribution is 5.88. The number of carbonyl (C=O) groups is 1. The number of aromatic nitrogens is 4. The molecule has 5 rings (SSSR count). The summed E-state index contributed by atoms with van der Waals surface area (Å²) < 4.78 is 28.0. The maximum absolute atomic E-state index is 14.0. The molecular weight excluding hydrogens is 458 g/mol. The summed E-state index contributed by atoms with van der Waals surface area (Å²) in [5.74, 6) is -1.78. The Labute approximate surface area is 207 Å². The SMILES string of the molecule is Cc1ccc(-c2nccnc2C(CC(=O)Cc2[nH]nc3ccccc23)Cc2cc(F)cc(F)c2)cc1. The van der Waals surface area contributed by atoms with Crippen LogP contribution in [0.3, 0.4) is 0 Å². The molecule has 0 amide bonds. The van der Waals surface area contributed by atoms with Gasteiger partial charge in [0.25, 0.3) is 0 Å². The lowest BCUT2D eigenvalue weighted by Gasteiger charge is -2.19. The molecule has 2 heterocycles. The smallest absolute Gasteiger partial charge is 0.139 e. The summed E-state index contributed by atoms with van der Waals surface area (Å²) in [6, 6.07) is 18.9. The Balaban J connectivity index is 1.49. The summed E-state index contributed by atoms with van der Waals surface area (Å²) >= 11 is 0. The van der Waals surface area contributed by atoms with Crippen molar-refractivity contribution < 1.29 is 13.6 Å². The predicted molar refractivity (Wildman–Crippen MR) is 134 cm³/mol. The van der Waals surface area contributed by atoms with Crippen molar-refractivity contribution in [2.75, 3.05) is 0 Å². The number of aryl methyl sites for hydroxylation is 1. The number of carbonyl (C=O) groups excluding carboxylic acids is 1. The average molecular weight is 483 g/mol. The highest BCUT2D eigenvalue weighted by Gasteiger charge is 2.24. The van der Waals surface area contributed by atoms with Crippen molar-refractivity contribution in [3.63, 3.8) is 0 Å². The number of para-hydroxylation sites is 1. The molecule has 7 heteroatoms. The first-order valence-electron chi connectivity index (χ1n) is 11.7. The minimum atomic E-state index is -0.656. The fourth-order valence-corrected chi connectivity index (χ4v) is 4.55. The van der Waals surface area contributed by atoms with Gasteiger partial charge in [0.15, 0.2) is 0 Å². The van der Waals surface area contributed by atoms with Gasteiger partial charge in [-0.2, -0.15) is 5.10 Å². The number of Topliss-reactive ketones (excluding diaryl/α,β-unsaturated/α-hetero) is 1. The Morgan fingerprint density at radius 3 is 2.44 bits per heavy atom. The zero-order valence-corrected chi connectivity index (χ0v) is 19.7. The van der Waals surface area contributed by atoms with E-state index in [1.165, 1.54) is 12.1 Å². The van der Waals surface area contributed by atoms with Crippen molar-refractivity contribution in [1.82, 2.24) is 20.2 Å². The van der Waals surface area contributed by atoms with Crippen LogP contribution in [0, 0.1) is 18.6 Å². The Morgan fingerprint density at radius 1 is 0.944 bits per heavy atom. The van der Waals surface area contributed by atoms with Gasteiger partial charge in [0, 0.05) is 48.2 Å². The van der Waals surface area contributed by atoms with Gasteiger partial charge in [-0.15, -0.1) is 0 Å². The molecule has 0 fully saturated rings. The standard InChI is InChI=1S/C29H24F2N4O/c1-18-6-8-20(9-7-18)28-29(33-11-10-32-28)21(12-19-13-22(30)16-23(31)14-19)15-24(36)17-27-25-4-2-3-5-26(25)34-35-27/h2-11,13-14,16,21H,12,15,17H2,1H3,(H,34,35). The van der Waals surface area contributed by atoms with Gasteiger partial charge in [-0.25, -0.2) is 8.78 Å². The van der Waals surface area contributed by atoms with Crippen molar-refractivity contribution in [1.29, 1.82) is 0 Å². The number of nitrogens with zero attached hydrogens (tertiary/aromatic N) is 3. The van der Waals surface area contributed by atoms with E-state index >= 15 is 0 Å². The van der Waals surface area contributed by atoms with Gasteiger partial charge >= 0.3 is 0 Å². The lowest BCUT2D eigenvalue weighted by atomic mass is 9.87. The number of hydrogen-bond acceptors (Lipinski definition) is 4. The number of rotatable bonds is 8. The van der Waals surface area contributed by atoms with Crippen LogP contribution in [0.1, 0.15) is 34.9 Å². The minimum absolute atomic E-state index is 0.0354. The molecule has 1 N–H and O–H groups in total. The number of fused-ring (bicyclic) bond motifs is 1. The molecule has 5 aromatic rings. The monoisotopic (exact) mass is 482 g/mol. The van der Waals surface area contributed by atoms with Crippen molar-refractivity contribution in [3.8, 4) is 11.3 Å². The maximum Gasteiger partial charge on any atom is 0.139 e. The van der Waals surface area contributed by atoms with Gasteiger partial charge in [-0.3, -0.25) is 19.9 Å². The molecule has 0 spiro atoms. The van der Waals surface area contributed by atoms with Crippen LogP contribution in [-0.2, 0) is 17.6 Å². The molecule has 36 heavy (non-hydrogen) atoms. The topological polar surface area (TPSA) is 71.5 Å². The normalized spacial score (nSPS) is 12.1. The summed E-state index contributed by atoms with van der Waals surface area (Å²) in [5, 5.41) is 8.14. The predicted octanol–water partition coefficient (Wildman–Crippen LogP) is 6.13. The molecule has 0 aliphatic carbocycles. The molecule has 0 aliphatic rings. The molecular formula is C29H24F2N4O. The zero-order valence-electron chi connectivity index (χ0n) is 19.7. The van der Waals surface area contributed by atoms with Gasteiger partial charge in [-0.1, -0.05) is 48.0 Å². The lowest BCUT2D eigenvalue weighted by Crippen LogP contribution is -2.15. The van der Waals surface area contributed by atoms with E-state index in [9.17, 15) is 13.6 Å². The van der Waals surface area contributed by atoms with Gasteiger partial charge in [-0.05, 0) is 37.1 Å². The van der Waals surface area contributed by atoms with Crippen molar-refractivity contribution in [2.45, 2.75) is 32.1 Å². The number of H-pyrrole nitrogens is 1. The Hall–Kier alpha value is -4.26. The van der Waals surface area contributed by atoms with Gasteiger partial charge in [0.2, 0.25) is 0 Å². The van der Waals surface area contributed by atoms with Crippen LogP contribution in [0.25, 0.3) is 22.2 Å². The van der Waals surface area contributed by atoms with Crippen molar-refractivity contribution in [3.05, 3.63) is 113 Å². The van der Waals surface area contributed by atoms with Gasteiger partial charge in [0.1, 0.15) is 17.4 Å².